The normalized spacial score (nSPS) is 24.0. The van der Waals surface area contributed by atoms with Gasteiger partial charge in [0.25, 0.3) is 0 Å². The number of aromatic amines is 1. The van der Waals surface area contributed by atoms with Crippen LogP contribution in [0.1, 0.15) is 29.3 Å². The van der Waals surface area contributed by atoms with Gasteiger partial charge in [-0.05, 0) is 48.4 Å². The van der Waals surface area contributed by atoms with Gasteiger partial charge in [0.2, 0.25) is 0 Å². The van der Waals surface area contributed by atoms with Gasteiger partial charge >= 0.3 is 0 Å². The van der Waals surface area contributed by atoms with Crippen LogP contribution in [-0.2, 0) is 5.41 Å². The summed E-state index contributed by atoms with van der Waals surface area (Å²) >= 11 is 0. The highest BCUT2D eigenvalue weighted by Gasteiger charge is 2.46. The maximum absolute atomic E-state index is 13.5. The van der Waals surface area contributed by atoms with Crippen LogP contribution in [0.2, 0.25) is 0 Å². The molecule has 24 heavy (non-hydrogen) atoms. The predicted molar refractivity (Wildman–Crippen MR) is 90.2 cm³/mol. The van der Waals surface area contributed by atoms with E-state index in [-0.39, 0.29) is 17.2 Å². The van der Waals surface area contributed by atoms with Crippen LogP contribution in [0, 0.1) is 5.82 Å². The zero-order valence-electron chi connectivity index (χ0n) is 13.2. The van der Waals surface area contributed by atoms with Crippen molar-refractivity contribution in [2.75, 3.05) is 13.1 Å². The fraction of sp³-hybridized carbons (Fsp3) is 0.263. The Labute approximate surface area is 140 Å². The quantitative estimate of drug-likeness (QED) is 0.779. The van der Waals surface area contributed by atoms with Gasteiger partial charge in [-0.2, -0.15) is 0 Å². The summed E-state index contributed by atoms with van der Waals surface area (Å²) in [5, 5.41) is 3.50. The number of pyridine rings is 1. The van der Waals surface area contributed by atoms with Gasteiger partial charge in [-0.3, -0.25) is 4.98 Å². The number of hydrogen-bond donors (Lipinski definition) is 2. The molecule has 5 heteroatoms. The number of H-pyrrole nitrogens is 1. The molecule has 1 fully saturated rings. The first-order valence-electron chi connectivity index (χ1n) is 8.17. The SMILES string of the molecule is Fc1ccc(C2(c3ncc[nH]3)CCNCC2c2ccncc2)cc1. The Morgan fingerprint density at radius 3 is 2.54 bits per heavy atom. The number of imidazole rings is 1. The van der Waals surface area contributed by atoms with E-state index in [1.807, 2.05) is 30.7 Å². The summed E-state index contributed by atoms with van der Waals surface area (Å²) in [4.78, 5) is 12.0. The van der Waals surface area contributed by atoms with Crippen LogP contribution in [-0.4, -0.2) is 28.0 Å². The van der Waals surface area contributed by atoms with Crippen molar-refractivity contribution in [2.24, 2.45) is 0 Å². The Bertz CT molecular complexity index is 786. The van der Waals surface area contributed by atoms with Crippen LogP contribution >= 0.6 is 0 Å². The second-order valence-corrected chi connectivity index (χ2v) is 6.20. The average molecular weight is 322 g/mol. The number of nitrogens with one attached hydrogen (secondary N) is 2. The van der Waals surface area contributed by atoms with Crippen LogP contribution in [0.25, 0.3) is 0 Å². The fourth-order valence-electron chi connectivity index (χ4n) is 3.90. The van der Waals surface area contributed by atoms with Crippen LogP contribution in [0.4, 0.5) is 4.39 Å². The van der Waals surface area contributed by atoms with Crippen molar-refractivity contribution in [1.82, 2.24) is 20.3 Å². The van der Waals surface area contributed by atoms with E-state index in [4.69, 9.17) is 0 Å². The lowest BCUT2D eigenvalue weighted by Crippen LogP contribution is -2.48. The maximum atomic E-state index is 13.5. The third-order valence-electron chi connectivity index (χ3n) is 5.03. The molecule has 4 rings (SSSR count). The van der Waals surface area contributed by atoms with Gasteiger partial charge in [-0.25, -0.2) is 9.37 Å². The van der Waals surface area contributed by atoms with Gasteiger partial charge in [0.15, 0.2) is 0 Å². The molecule has 0 saturated carbocycles. The van der Waals surface area contributed by atoms with Gasteiger partial charge in [0, 0.05) is 37.3 Å². The van der Waals surface area contributed by atoms with Crippen LogP contribution in [0.3, 0.4) is 0 Å². The zero-order valence-corrected chi connectivity index (χ0v) is 13.2. The number of hydrogen-bond acceptors (Lipinski definition) is 3. The summed E-state index contributed by atoms with van der Waals surface area (Å²) < 4.78 is 13.5. The number of halogens is 1. The van der Waals surface area contributed by atoms with E-state index in [1.54, 1.807) is 6.20 Å². The van der Waals surface area contributed by atoms with Crippen molar-refractivity contribution >= 4 is 0 Å². The van der Waals surface area contributed by atoms with E-state index >= 15 is 0 Å². The minimum Gasteiger partial charge on any atom is -0.348 e. The van der Waals surface area contributed by atoms with Crippen LogP contribution in [0.15, 0.2) is 61.2 Å². The third kappa shape index (κ3) is 2.41. The number of aromatic nitrogens is 3. The van der Waals surface area contributed by atoms with Gasteiger partial charge < -0.3 is 10.3 Å². The minimum absolute atomic E-state index is 0.186. The van der Waals surface area contributed by atoms with Crippen molar-refractivity contribution in [1.29, 1.82) is 0 Å². The Morgan fingerprint density at radius 2 is 1.83 bits per heavy atom. The first kappa shape index (κ1) is 15.0. The lowest BCUT2D eigenvalue weighted by molar-refractivity contribution is 0.298. The lowest BCUT2D eigenvalue weighted by atomic mass is 9.63. The Morgan fingerprint density at radius 1 is 1.04 bits per heavy atom. The second-order valence-electron chi connectivity index (χ2n) is 6.20. The molecule has 2 unspecified atom stereocenters. The molecule has 2 atom stereocenters. The average Bonchev–Trinajstić information content (AvgIpc) is 3.18. The van der Waals surface area contributed by atoms with Gasteiger partial charge in [0.05, 0.1) is 5.41 Å². The smallest absolute Gasteiger partial charge is 0.123 e. The Hall–Kier alpha value is -2.53. The molecular formula is C19H19FN4. The molecule has 1 aliphatic heterocycles. The number of nitrogens with zero attached hydrogens (tertiary/aromatic N) is 2. The van der Waals surface area contributed by atoms with E-state index in [2.05, 4.69) is 32.4 Å². The topological polar surface area (TPSA) is 53.6 Å². The molecule has 1 saturated heterocycles. The van der Waals surface area contributed by atoms with E-state index in [1.165, 1.54) is 17.7 Å². The molecule has 0 aliphatic carbocycles. The van der Waals surface area contributed by atoms with Crippen molar-refractivity contribution in [3.63, 3.8) is 0 Å². The van der Waals surface area contributed by atoms with Crippen LogP contribution < -0.4 is 5.32 Å². The summed E-state index contributed by atoms with van der Waals surface area (Å²) in [7, 11) is 0. The molecule has 122 valence electrons. The molecule has 0 radical (unpaired) electrons. The van der Waals surface area contributed by atoms with E-state index in [9.17, 15) is 4.39 Å². The number of piperidine rings is 1. The monoisotopic (exact) mass is 322 g/mol. The number of rotatable bonds is 3. The summed E-state index contributed by atoms with van der Waals surface area (Å²) in [5.74, 6) is 0.894. The third-order valence-corrected chi connectivity index (χ3v) is 5.03. The molecule has 4 nitrogen and oxygen atoms in total. The summed E-state index contributed by atoms with van der Waals surface area (Å²) in [5.41, 5.74) is 1.98. The highest BCUT2D eigenvalue weighted by molar-refractivity contribution is 5.41. The largest absolute Gasteiger partial charge is 0.348 e. The van der Waals surface area contributed by atoms with E-state index < -0.39 is 0 Å². The highest BCUT2D eigenvalue weighted by Crippen LogP contribution is 2.47. The second kappa shape index (κ2) is 6.17. The molecule has 1 aromatic carbocycles. The molecule has 0 bridgehead atoms. The van der Waals surface area contributed by atoms with Crippen LogP contribution in [0.5, 0.6) is 0 Å². The van der Waals surface area contributed by atoms with Crippen molar-refractivity contribution in [3.05, 3.63) is 84.0 Å². The van der Waals surface area contributed by atoms with Crippen molar-refractivity contribution < 1.29 is 4.39 Å². The van der Waals surface area contributed by atoms with Gasteiger partial charge in [-0.1, -0.05) is 12.1 Å². The molecule has 0 spiro atoms. The zero-order chi connectivity index (χ0) is 16.4. The molecule has 0 amide bonds. The van der Waals surface area contributed by atoms with Gasteiger partial charge in [0.1, 0.15) is 11.6 Å². The molecule has 2 N–H and O–H groups in total. The fourth-order valence-corrected chi connectivity index (χ4v) is 3.90. The van der Waals surface area contributed by atoms with Crippen molar-refractivity contribution in [2.45, 2.75) is 17.8 Å². The molecule has 1 aliphatic rings. The first-order valence-corrected chi connectivity index (χ1v) is 8.17. The van der Waals surface area contributed by atoms with Crippen molar-refractivity contribution in [3.8, 4) is 0 Å². The highest BCUT2D eigenvalue weighted by atomic mass is 19.1. The van der Waals surface area contributed by atoms with E-state index in [0.717, 1.165) is 30.9 Å². The molecule has 2 aromatic heterocycles. The predicted octanol–water partition coefficient (Wildman–Crippen LogP) is 3.01. The number of benzene rings is 1. The maximum Gasteiger partial charge on any atom is 0.123 e. The summed E-state index contributed by atoms with van der Waals surface area (Å²) in [6.45, 7) is 1.72. The minimum atomic E-state index is -0.316. The van der Waals surface area contributed by atoms with E-state index in [0.29, 0.717) is 0 Å². The Balaban J connectivity index is 1.92. The first-order chi connectivity index (χ1) is 11.8. The lowest BCUT2D eigenvalue weighted by Gasteiger charge is -2.44. The summed E-state index contributed by atoms with van der Waals surface area (Å²) in [6, 6.07) is 10.9. The molecule has 3 aromatic rings. The summed E-state index contributed by atoms with van der Waals surface area (Å²) in [6.07, 6.45) is 8.17. The standard InChI is InChI=1S/C19H19FN4/c20-16-3-1-15(2-4-16)19(18-23-11-12-24-18)7-10-22-13-17(19)14-5-8-21-9-6-14/h1-6,8-9,11-12,17,22H,7,10,13H2,(H,23,24). The Kier molecular flexibility index (Phi) is 3.86. The van der Waals surface area contributed by atoms with Gasteiger partial charge in [-0.15, -0.1) is 0 Å². The molecule has 3 heterocycles. The molecular weight excluding hydrogens is 303 g/mol.